The predicted octanol–water partition coefficient (Wildman–Crippen LogP) is 2.03. The Morgan fingerprint density at radius 1 is 1.23 bits per heavy atom. The van der Waals surface area contributed by atoms with Crippen molar-refractivity contribution in [1.82, 2.24) is 20.6 Å². The lowest BCUT2D eigenvalue weighted by molar-refractivity contribution is -0.115. The maximum absolute atomic E-state index is 14.8. The quantitative estimate of drug-likeness (QED) is 0.716. The Bertz CT molecular complexity index is 1010. The molecule has 0 aliphatic carbocycles. The van der Waals surface area contributed by atoms with Gasteiger partial charge in [-0.25, -0.2) is 9.37 Å². The second kappa shape index (κ2) is 7.36. The van der Waals surface area contributed by atoms with E-state index in [-0.39, 0.29) is 23.7 Å². The van der Waals surface area contributed by atoms with Gasteiger partial charge in [0.25, 0.3) is 0 Å². The number of fused-ring (bicyclic) bond motifs is 2. The van der Waals surface area contributed by atoms with Gasteiger partial charge >= 0.3 is 0 Å². The molecule has 1 aromatic carbocycles. The molecule has 3 aliphatic heterocycles. The lowest BCUT2D eigenvalue weighted by atomic mass is 9.96. The monoisotopic (exact) mass is 409 g/mol. The highest BCUT2D eigenvalue weighted by atomic mass is 19.1. The predicted molar refractivity (Wildman–Crippen MR) is 112 cm³/mol. The van der Waals surface area contributed by atoms with E-state index in [4.69, 9.17) is 0 Å². The molecule has 0 spiro atoms. The lowest BCUT2D eigenvalue weighted by Gasteiger charge is -2.38. The van der Waals surface area contributed by atoms with E-state index in [1.807, 2.05) is 18.0 Å². The van der Waals surface area contributed by atoms with E-state index in [2.05, 4.69) is 20.6 Å². The average Bonchev–Trinajstić information content (AvgIpc) is 3.37. The molecule has 1 amide bonds. The second-order valence-electron chi connectivity index (χ2n) is 8.28. The minimum Gasteiger partial charge on any atom is -0.507 e. The summed E-state index contributed by atoms with van der Waals surface area (Å²) in [6.07, 6.45) is 6.49. The summed E-state index contributed by atoms with van der Waals surface area (Å²) in [5.74, 6) is 0.558. The lowest BCUT2D eigenvalue weighted by Crippen LogP contribution is -2.55. The molecule has 3 aliphatic rings. The van der Waals surface area contributed by atoms with Gasteiger partial charge in [0.1, 0.15) is 17.7 Å². The Kier molecular flexibility index (Phi) is 4.66. The molecule has 2 unspecified atom stereocenters. The Morgan fingerprint density at radius 2 is 2.10 bits per heavy atom. The molecule has 2 saturated heterocycles. The van der Waals surface area contributed by atoms with Crippen LogP contribution in [-0.2, 0) is 4.79 Å². The van der Waals surface area contributed by atoms with E-state index in [0.717, 1.165) is 30.4 Å². The van der Waals surface area contributed by atoms with Gasteiger partial charge in [0, 0.05) is 37.3 Å². The number of phenolic OH excluding ortho intramolecular Hbond substituents is 1. The van der Waals surface area contributed by atoms with Crippen molar-refractivity contribution in [3.63, 3.8) is 0 Å². The minimum atomic E-state index is -0.932. The van der Waals surface area contributed by atoms with E-state index in [1.165, 1.54) is 6.08 Å². The Labute approximate surface area is 174 Å². The summed E-state index contributed by atoms with van der Waals surface area (Å²) in [6.45, 7) is 0.451. The molecule has 0 saturated carbocycles. The first kappa shape index (κ1) is 19.0. The van der Waals surface area contributed by atoms with Crippen LogP contribution in [0.1, 0.15) is 24.8 Å². The van der Waals surface area contributed by atoms with Gasteiger partial charge in [-0.1, -0.05) is 6.07 Å². The third-order valence-electron chi connectivity index (χ3n) is 6.45. The first-order valence-corrected chi connectivity index (χ1v) is 10.3. The first-order valence-electron chi connectivity index (χ1n) is 10.3. The maximum atomic E-state index is 14.8. The largest absolute Gasteiger partial charge is 0.507 e. The molecule has 3 N–H and O–H groups in total. The fraction of sp³-hybridized carbons (Fsp3) is 0.409. The molecule has 30 heavy (non-hydrogen) atoms. The third kappa shape index (κ3) is 3.31. The van der Waals surface area contributed by atoms with E-state index in [0.29, 0.717) is 29.7 Å². The van der Waals surface area contributed by atoms with Crippen LogP contribution in [0.5, 0.6) is 5.75 Å². The van der Waals surface area contributed by atoms with Crippen LogP contribution in [0.15, 0.2) is 36.7 Å². The van der Waals surface area contributed by atoms with Gasteiger partial charge in [-0.15, -0.1) is 0 Å². The van der Waals surface area contributed by atoms with Gasteiger partial charge in [0.2, 0.25) is 5.91 Å². The van der Waals surface area contributed by atoms with Crippen LogP contribution < -0.4 is 15.5 Å². The number of hydrogen-bond donors (Lipinski definition) is 3. The number of piperidine rings is 1. The van der Waals surface area contributed by atoms with Crippen molar-refractivity contribution in [2.45, 2.75) is 43.6 Å². The van der Waals surface area contributed by atoms with Crippen molar-refractivity contribution in [2.24, 2.45) is 0 Å². The number of aromatic hydroxyl groups is 1. The van der Waals surface area contributed by atoms with Crippen LogP contribution in [0.3, 0.4) is 0 Å². The molecular weight excluding hydrogens is 385 g/mol. The van der Waals surface area contributed by atoms with Crippen molar-refractivity contribution >= 4 is 17.3 Å². The third-order valence-corrected chi connectivity index (χ3v) is 6.45. The van der Waals surface area contributed by atoms with Crippen LogP contribution in [0.4, 0.5) is 10.2 Å². The second-order valence-corrected chi connectivity index (χ2v) is 8.28. The smallest absolute Gasteiger partial charge is 0.244 e. The summed E-state index contributed by atoms with van der Waals surface area (Å²) in [6, 6.07) is 5.33. The summed E-state index contributed by atoms with van der Waals surface area (Å²) in [7, 11) is 1.86. The molecule has 7 nitrogen and oxygen atoms in total. The number of rotatable bonds is 4. The van der Waals surface area contributed by atoms with E-state index in [1.54, 1.807) is 24.5 Å². The van der Waals surface area contributed by atoms with Crippen LogP contribution in [0.25, 0.3) is 16.8 Å². The Morgan fingerprint density at radius 3 is 2.80 bits per heavy atom. The summed E-state index contributed by atoms with van der Waals surface area (Å²) in [5.41, 5.74) is 2.71. The maximum Gasteiger partial charge on any atom is 0.244 e. The summed E-state index contributed by atoms with van der Waals surface area (Å²) < 4.78 is 14.8. The molecule has 8 heteroatoms. The van der Waals surface area contributed by atoms with Crippen molar-refractivity contribution in [1.29, 1.82) is 0 Å². The summed E-state index contributed by atoms with van der Waals surface area (Å²) in [4.78, 5) is 22.2. The Balaban J connectivity index is 1.35. The number of halogens is 1. The van der Waals surface area contributed by atoms with Gasteiger partial charge in [-0.3, -0.25) is 9.78 Å². The van der Waals surface area contributed by atoms with Crippen molar-refractivity contribution < 1.29 is 14.3 Å². The SMILES string of the molecule is CN(c1cnc(-c2ccc(C3=CC(=O)NC3)cc2O)cn1)[C@H]1CC2CCC(N2)[C@H]1F. The van der Waals surface area contributed by atoms with Crippen LogP contribution in [-0.4, -0.2) is 58.9 Å². The number of phenols is 1. The van der Waals surface area contributed by atoms with Crippen molar-refractivity contribution in [2.75, 3.05) is 18.5 Å². The zero-order chi connectivity index (χ0) is 20.8. The minimum absolute atomic E-state index is 0.0700. The fourth-order valence-electron chi connectivity index (χ4n) is 4.74. The summed E-state index contributed by atoms with van der Waals surface area (Å²) in [5, 5.41) is 16.6. The number of anilines is 1. The topological polar surface area (TPSA) is 90.4 Å². The number of nitrogens with one attached hydrogen (secondary N) is 2. The number of benzene rings is 1. The van der Waals surface area contributed by atoms with E-state index >= 15 is 0 Å². The molecule has 4 atom stereocenters. The van der Waals surface area contributed by atoms with Crippen LogP contribution >= 0.6 is 0 Å². The summed E-state index contributed by atoms with van der Waals surface area (Å²) >= 11 is 0. The van der Waals surface area contributed by atoms with Gasteiger partial charge in [-0.05, 0) is 42.5 Å². The fourth-order valence-corrected chi connectivity index (χ4v) is 4.74. The van der Waals surface area contributed by atoms with Gasteiger partial charge in [-0.2, -0.15) is 0 Å². The molecule has 2 bridgehead atoms. The van der Waals surface area contributed by atoms with Crippen LogP contribution in [0, 0.1) is 0 Å². The number of carbonyl (C=O) groups is 1. The normalized spacial score (nSPS) is 27.7. The molecule has 4 heterocycles. The number of aromatic nitrogens is 2. The Hall–Kier alpha value is -3.00. The molecule has 156 valence electrons. The molecule has 2 fully saturated rings. The zero-order valence-corrected chi connectivity index (χ0v) is 16.7. The van der Waals surface area contributed by atoms with Crippen molar-refractivity contribution in [3.05, 3.63) is 42.2 Å². The van der Waals surface area contributed by atoms with E-state index < -0.39 is 6.17 Å². The van der Waals surface area contributed by atoms with Gasteiger partial charge < -0.3 is 20.6 Å². The standard InChI is InChI=1S/C22H24FN5O2/c1-28(18-8-14-3-5-16(27-14)22(18)23)20-11-24-17(10-25-20)15-4-2-12(6-19(15)29)13-7-21(30)26-9-13/h2,4,6-7,10-11,14,16,18,22,27,29H,3,5,8-9H2,1H3,(H,26,30)/t14?,16?,18-,22+/m0/s1. The molecule has 1 aromatic heterocycles. The van der Waals surface area contributed by atoms with E-state index in [9.17, 15) is 14.3 Å². The van der Waals surface area contributed by atoms with Gasteiger partial charge in [0.15, 0.2) is 0 Å². The molecule has 5 rings (SSSR count). The highest BCUT2D eigenvalue weighted by Gasteiger charge is 2.43. The number of amides is 1. The number of carbonyl (C=O) groups excluding carboxylic acids is 1. The molecule has 2 aromatic rings. The van der Waals surface area contributed by atoms with Gasteiger partial charge in [0.05, 0.1) is 24.1 Å². The number of nitrogens with zero attached hydrogens (tertiary/aromatic N) is 3. The number of alkyl halides is 1. The first-order chi connectivity index (χ1) is 14.5. The molecule has 0 radical (unpaired) electrons. The average molecular weight is 409 g/mol. The van der Waals surface area contributed by atoms with Crippen molar-refractivity contribution in [3.8, 4) is 17.0 Å². The highest BCUT2D eigenvalue weighted by molar-refractivity contribution is 6.00. The molecular formula is C22H24FN5O2. The highest BCUT2D eigenvalue weighted by Crippen LogP contribution is 2.34. The van der Waals surface area contributed by atoms with Crippen LogP contribution in [0.2, 0.25) is 0 Å². The number of hydrogen-bond acceptors (Lipinski definition) is 6. The zero-order valence-electron chi connectivity index (χ0n) is 16.7.